The summed E-state index contributed by atoms with van der Waals surface area (Å²) in [5, 5.41) is 4.41. The Morgan fingerprint density at radius 2 is 1.77 bits per heavy atom. The number of amides is 1. The van der Waals surface area contributed by atoms with Crippen molar-refractivity contribution in [1.29, 1.82) is 0 Å². The highest BCUT2D eigenvalue weighted by molar-refractivity contribution is 5.95. The summed E-state index contributed by atoms with van der Waals surface area (Å²) in [6, 6.07) is 9.66. The smallest absolute Gasteiger partial charge is 0.340 e. The van der Waals surface area contributed by atoms with E-state index in [1.54, 1.807) is 24.3 Å². The summed E-state index contributed by atoms with van der Waals surface area (Å²) in [7, 11) is 0. The van der Waals surface area contributed by atoms with Crippen molar-refractivity contribution in [2.75, 3.05) is 0 Å². The molecular weight excluding hydrogens is 288 g/mol. The molecule has 0 radical (unpaired) electrons. The molecule has 4 nitrogen and oxygen atoms in total. The first-order valence-corrected chi connectivity index (χ1v) is 6.47. The van der Waals surface area contributed by atoms with Crippen molar-refractivity contribution in [1.82, 2.24) is 9.78 Å². The van der Waals surface area contributed by atoms with Crippen LogP contribution in [0.25, 0.3) is 23.1 Å². The number of halogens is 2. The minimum atomic E-state index is -0.888. The minimum absolute atomic E-state index is 0.00295. The fourth-order valence-electron chi connectivity index (χ4n) is 2.21. The normalized spacial score (nSPS) is 11.4. The maximum Gasteiger partial charge on any atom is 0.340 e. The SMILES string of the molecule is NC(=O)n1nc(C=Cc2ccccc2F)c2cccc(F)c21. The number of benzene rings is 2. The van der Waals surface area contributed by atoms with Gasteiger partial charge in [-0.05, 0) is 24.3 Å². The van der Waals surface area contributed by atoms with E-state index >= 15 is 0 Å². The van der Waals surface area contributed by atoms with Crippen LogP contribution in [0.3, 0.4) is 0 Å². The van der Waals surface area contributed by atoms with Gasteiger partial charge >= 0.3 is 6.03 Å². The number of hydrogen-bond acceptors (Lipinski definition) is 2. The van der Waals surface area contributed by atoms with E-state index in [0.717, 1.165) is 4.68 Å². The molecule has 0 aliphatic rings. The van der Waals surface area contributed by atoms with Crippen LogP contribution in [0.2, 0.25) is 0 Å². The van der Waals surface area contributed by atoms with Crippen LogP contribution in [0.5, 0.6) is 0 Å². The number of para-hydroxylation sites is 1. The van der Waals surface area contributed by atoms with Gasteiger partial charge in [-0.25, -0.2) is 13.6 Å². The first-order valence-electron chi connectivity index (χ1n) is 6.47. The molecule has 110 valence electrons. The Morgan fingerprint density at radius 3 is 2.50 bits per heavy atom. The van der Waals surface area contributed by atoms with Gasteiger partial charge in [0, 0.05) is 10.9 Å². The molecule has 0 unspecified atom stereocenters. The molecule has 6 heteroatoms. The Morgan fingerprint density at radius 1 is 1.05 bits per heavy atom. The van der Waals surface area contributed by atoms with Crippen LogP contribution in [0, 0.1) is 11.6 Å². The molecule has 2 N–H and O–H groups in total. The molecule has 3 aromatic rings. The van der Waals surface area contributed by atoms with E-state index in [1.807, 2.05) is 0 Å². The second-order valence-corrected chi connectivity index (χ2v) is 4.63. The molecule has 2 aromatic carbocycles. The van der Waals surface area contributed by atoms with E-state index in [2.05, 4.69) is 5.10 Å². The molecule has 1 aromatic heterocycles. The topological polar surface area (TPSA) is 60.9 Å². The number of rotatable bonds is 2. The summed E-state index contributed by atoms with van der Waals surface area (Å²) in [4.78, 5) is 11.4. The zero-order valence-corrected chi connectivity index (χ0v) is 11.3. The van der Waals surface area contributed by atoms with Crippen LogP contribution in [-0.4, -0.2) is 15.8 Å². The van der Waals surface area contributed by atoms with E-state index in [-0.39, 0.29) is 11.3 Å². The lowest BCUT2D eigenvalue weighted by molar-refractivity contribution is 0.248. The number of aromatic nitrogens is 2. The van der Waals surface area contributed by atoms with Crippen molar-refractivity contribution in [2.24, 2.45) is 5.73 Å². The third-order valence-electron chi connectivity index (χ3n) is 3.22. The van der Waals surface area contributed by atoms with Crippen molar-refractivity contribution in [3.63, 3.8) is 0 Å². The summed E-state index contributed by atoms with van der Waals surface area (Å²) in [5.41, 5.74) is 5.90. The van der Waals surface area contributed by atoms with Gasteiger partial charge in [-0.1, -0.05) is 30.3 Å². The third kappa shape index (κ3) is 2.35. The third-order valence-corrected chi connectivity index (χ3v) is 3.22. The molecule has 0 aliphatic carbocycles. The number of primary amides is 1. The van der Waals surface area contributed by atoms with Crippen LogP contribution in [-0.2, 0) is 0 Å². The van der Waals surface area contributed by atoms with Crippen molar-refractivity contribution in [3.05, 3.63) is 65.4 Å². The van der Waals surface area contributed by atoms with Crippen molar-refractivity contribution < 1.29 is 13.6 Å². The van der Waals surface area contributed by atoms with Gasteiger partial charge in [0.25, 0.3) is 0 Å². The molecule has 3 rings (SSSR count). The number of nitrogens with zero attached hydrogens (tertiary/aromatic N) is 2. The number of hydrogen-bond donors (Lipinski definition) is 1. The second-order valence-electron chi connectivity index (χ2n) is 4.63. The molecular formula is C16H11F2N3O. The first-order chi connectivity index (χ1) is 10.6. The molecule has 0 aliphatic heterocycles. The first kappa shape index (κ1) is 13.9. The fourth-order valence-corrected chi connectivity index (χ4v) is 2.21. The van der Waals surface area contributed by atoms with E-state index in [4.69, 9.17) is 5.73 Å². The highest BCUT2D eigenvalue weighted by Gasteiger charge is 2.15. The van der Waals surface area contributed by atoms with Crippen LogP contribution in [0.1, 0.15) is 11.3 Å². The van der Waals surface area contributed by atoms with Crippen LogP contribution in [0.15, 0.2) is 42.5 Å². The number of carbonyl (C=O) groups is 1. The van der Waals surface area contributed by atoms with Gasteiger partial charge in [0.2, 0.25) is 0 Å². The number of nitrogens with two attached hydrogens (primary N) is 1. The maximum atomic E-state index is 13.9. The Labute approximate surface area is 124 Å². The summed E-state index contributed by atoms with van der Waals surface area (Å²) >= 11 is 0. The Hall–Kier alpha value is -3.02. The lowest BCUT2D eigenvalue weighted by Gasteiger charge is -1.96. The lowest BCUT2D eigenvalue weighted by atomic mass is 10.1. The molecule has 0 spiro atoms. The Kier molecular flexibility index (Phi) is 3.42. The minimum Gasteiger partial charge on any atom is -0.350 e. The van der Waals surface area contributed by atoms with Gasteiger partial charge < -0.3 is 5.73 Å². The monoisotopic (exact) mass is 299 g/mol. The van der Waals surface area contributed by atoms with E-state index in [1.165, 1.54) is 30.4 Å². The van der Waals surface area contributed by atoms with Gasteiger partial charge in [-0.2, -0.15) is 9.78 Å². The summed E-state index contributed by atoms with van der Waals surface area (Å²) in [6.07, 6.45) is 3.02. The van der Waals surface area contributed by atoms with Crippen LogP contribution in [0.4, 0.5) is 13.6 Å². The van der Waals surface area contributed by atoms with Gasteiger partial charge in [0.15, 0.2) is 0 Å². The summed E-state index contributed by atoms with van der Waals surface area (Å²) in [6.45, 7) is 0. The Balaban J connectivity index is 2.14. The molecule has 1 amide bonds. The van der Waals surface area contributed by atoms with Crippen LogP contribution >= 0.6 is 0 Å². The lowest BCUT2D eigenvalue weighted by Crippen LogP contribution is -2.21. The van der Waals surface area contributed by atoms with Gasteiger partial charge in [-0.15, -0.1) is 0 Å². The molecule has 0 atom stereocenters. The van der Waals surface area contributed by atoms with E-state index < -0.39 is 11.8 Å². The highest BCUT2D eigenvalue weighted by atomic mass is 19.1. The molecule has 0 fully saturated rings. The van der Waals surface area contributed by atoms with Gasteiger partial charge in [0.05, 0.1) is 5.69 Å². The number of carbonyl (C=O) groups excluding carboxylic acids is 1. The fraction of sp³-hybridized carbons (Fsp3) is 0. The zero-order valence-electron chi connectivity index (χ0n) is 11.3. The quantitative estimate of drug-likeness (QED) is 0.788. The molecule has 1 heterocycles. The standard InChI is InChI=1S/C16H11F2N3O/c17-12-6-2-1-4-10(12)8-9-14-11-5-3-7-13(18)15(11)21(20-14)16(19)22/h1-9H,(H2,19,22). The second kappa shape index (κ2) is 5.40. The zero-order chi connectivity index (χ0) is 15.7. The predicted octanol–water partition coefficient (Wildman–Crippen LogP) is 3.41. The van der Waals surface area contributed by atoms with Crippen molar-refractivity contribution in [3.8, 4) is 0 Å². The molecule has 0 saturated heterocycles. The number of fused-ring (bicyclic) bond motifs is 1. The average molecular weight is 299 g/mol. The summed E-state index contributed by atoms with van der Waals surface area (Å²) < 4.78 is 28.3. The molecule has 22 heavy (non-hydrogen) atoms. The van der Waals surface area contributed by atoms with Gasteiger partial charge in [0.1, 0.15) is 17.2 Å². The highest BCUT2D eigenvalue weighted by Crippen LogP contribution is 2.23. The molecule has 0 saturated carbocycles. The maximum absolute atomic E-state index is 13.9. The predicted molar refractivity (Wildman–Crippen MR) is 80.0 cm³/mol. The van der Waals surface area contributed by atoms with E-state index in [0.29, 0.717) is 16.6 Å². The van der Waals surface area contributed by atoms with Crippen LogP contribution < -0.4 is 5.73 Å². The average Bonchev–Trinajstić information content (AvgIpc) is 2.87. The van der Waals surface area contributed by atoms with E-state index in [9.17, 15) is 13.6 Å². The van der Waals surface area contributed by atoms with Crippen molar-refractivity contribution in [2.45, 2.75) is 0 Å². The van der Waals surface area contributed by atoms with Gasteiger partial charge in [-0.3, -0.25) is 0 Å². The van der Waals surface area contributed by atoms with Crippen molar-refractivity contribution >= 4 is 29.1 Å². The summed E-state index contributed by atoms with van der Waals surface area (Å²) in [5.74, 6) is -0.988. The Bertz CT molecular complexity index is 900. The largest absolute Gasteiger partial charge is 0.350 e. The molecule has 0 bridgehead atoms.